The summed E-state index contributed by atoms with van der Waals surface area (Å²) in [5, 5.41) is -0.0634. The molecular formula is C28H24ClF2N5O2. The van der Waals surface area contributed by atoms with Crippen molar-refractivity contribution in [3.63, 3.8) is 0 Å². The van der Waals surface area contributed by atoms with Gasteiger partial charge in [0.15, 0.2) is 5.78 Å². The van der Waals surface area contributed by atoms with Gasteiger partial charge in [0.1, 0.15) is 17.5 Å². The van der Waals surface area contributed by atoms with E-state index in [-0.39, 0.29) is 45.3 Å². The minimum Gasteiger partial charge on any atom is -0.384 e. The second kappa shape index (κ2) is 8.59. The highest BCUT2D eigenvalue weighted by atomic mass is 35.5. The first kappa shape index (κ1) is 24.5. The summed E-state index contributed by atoms with van der Waals surface area (Å²) in [6.45, 7) is 3.94. The predicted molar refractivity (Wildman–Crippen MR) is 140 cm³/mol. The molecule has 1 aliphatic carbocycles. The average molecular weight is 536 g/mol. The number of carbonyl (C=O) groups excluding carboxylic acids is 1. The second-order valence-corrected chi connectivity index (χ2v) is 11.1. The van der Waals surface area contributed by atoms with E-state index in [2.05, 4.69) is 15.0 Å². The van der Waals surface area contributed by atoms with Crippen LogP contribution < -0.4 is 11.3 Å². The van der Waals surface area contributed by atoms with E-state index < -0.39 is 23.2 Å². The Hall–Kier alpha value is -3.85. The lowest BCUT2D eigenvalue weighted by molar-refractivity contribution is 0.0929. The standard InChI is InChI=1S/C28H24ClF2N5O2/c1-28(2)10-13-3-5-16(29)25(30)23(13)15-9-22(38)36-18(24(15)20(37)11-28)6-7-19(36)27-33-12-17(34-27)14-4-8-21(32)35-26(14)31/h3-5,8-9,12,19H,6-7,10-11H2,1-2H3,(H2,32,35)(H,33,34)/t19-/m1/s1. The number of benzene rings is 1. The van der Waals surface area contributed by atoms with Crippen LogP contribution in [0.2, 0.25) is 5.02 Å². The van der Waals surface area contributed by atoms with Crippen molar-refractivity contribution in [3.05, 3.63) is 86.3 Å². The molecule has 0 fully saturated rings. The van der Waals surface area contributed by atoms with Crippen LogP contribution in [0.25, 0.3) is 22.4 Å². The van der Waals surface area contributed by atoms with E-state index in [0.717, 1.165) is 0 Å². The number of rotatable bonds is 2. The van der Waals surface area contributed by atoms with Crippen LogP contribution in [0.1, 0.15) is 60.2 Å². The zero-order chi connectivity index (χ0) is 26.9. The Kier molecular flexibility index (Phi) is 5.54. The highest BCUT2D eigenvalue weighted by Crippen LogP contribution is 2.43. The largest absolute Gasteiger partial charge is 0.384 e. The van der Waals surface area contributed by atoms with Crippen molar-refractivity contribution >= 4 is 23.2 Å². The highest BCUT2D eigenvalue weighted by Gasteiger charge is 2.37. The maximum absolute atomic E-state index is 15.5. The van der Waals surface area contributed by atoms with Gasteiger partial charge < -0.3 is 15.3 Å². The molecule has 1 aromatic carbocycles. The number of nitrogens with zero attached hydrogens (tertiary/aromatic N) is 3. The van der Waals surface area contributed by atoms with Gasteiger partial charge in [0.05, 0.1) is 28.5 Å². The molecule has 194 valence electrons. The first-order chi connectivity index (χ1) is 18.0. The normalized spacial score (nSPS) is 17.9. The van der Waals surface area contributed by atoms with Gasteiger partial charge in [-0.1, -0.05) is 31.5 Å². The number of nitrogen functional groups attached to an aromatic ring is 1. The molecule has 0 radical (unpaired) electrons. The van der Waals surface area contributed by atoms with Gasteiger partial charge in [0, 0.05) is 34.9 Å². The van der Waals surface area contributed by atoms with E-state index in [1.807, 2.05) is 13.8 Å². The number of Topliss-reactive ketones (excluding diaryl/α,β-unsaturated/α-hetero) is 1. The van der Waals surface area contributed by atoms with Crippen LogP contribution in [-0.4, -0.2) is 25.3 Å². The number of nitrogens with two attached hydrogens (primary N) is 1. The van der Waals surface area contributed by atoms with Crippen LogP contribution in [0.4, 0.5) is 14.6 Å². The Bertz CT molecular complexity index is 1710. The third kappa shape index (κ3) is 3.84. The molecule has 7 nitrogen and oxygen atoms in total. The molecule has 10 heteroatoms. The molecule has 0 saturated carbocycles. The highest BCUT2D eigenvalue weighted by molar-refractivity contribution is 6.31. The molecule has 1 atom stereocenters. The molecule has 3 aromatic heterocycles. The van der Waals surface area contributed by atoms with E-state index in [4.69, 9.17) is 17.3 Å². The van der Waals surface area contributed by atoms with Crippen LogP contribution in [0.15, 0.2) is 41.3 Å². The summed E-state index contributed by atoms with van der Waals surface area (Å²) < 4.78 is 31.4. The number of anilines is 1. The monoisotopic (exact) mass is 535 g/mol. The van der Waals surface area contributed by atoms with E-state index in [9.17, 15) is 14.0 Å². The third-order valence-electron chi connectivity index (χ3n) is 7.43. The first-order valence-electron chi connectivity index (χ1n) is 12.3. The number of aromatic nitrogens is 4. The number of hydrogen-bond donors (Lipinski definition) is 2. The summed E-state index contributed by atoms with van der Waals surface area (Å²) in [4.78, 5) is 38.4. The van der Waals surface area contributed by atoms with Gasteiger partial charge in [-0.2, -0.15) is 4.39 Å². The number of carbonyl (C=O) groups is 1. The summed E-state index contributed by atoms with van der Waals surface area (Å²) in [5.74, 6) is -1.01. The molecule has 4 aromatic rings. The molecule has 6 rings (SSSR count). The Morgan fingerprint density at radius 1 is 1.11 bits per heavy atom. The lowest BCUT2D eigenvalue weighted by Crippen LogP contribution is -2.30. The van der Waals surface area contributed by atoms with Crippen molar-refractivity contribution in [2.24, 2.45) is 5.41 Å². The number of ketones is 1. The van der Waals surface area contributed by atoms with Crippen molar-refractivity contribution in [2.75, 3.05) is 5.73 Å². The number of hydrogen-bond acceptors (Lipinski definition) is 5. The Morgan fingerprint density at radius 3 is 2.66 bits per heavy atom. The quantitative estimate of drug-likeness (QED) is 0.329. The minimum absolute atomic E-state index is 0.0610. The number of pyridine rings is 2. The molecule has 1 aliphatic heterocycles. The van der Waals surface area contributed by atoms with Crippen molar-refractivity contribution in [1.82, 2.24) is 19.5 Å². The first-order valence-corrected chi connectivity index (χ1v) is 12.7. The Balaban J connectivity index is 1.52. The summed E-state index contributed by atoms with van der Waals surface area (Å²) in [7, 11) is 0. The van der Waals surface area contributed by atoms with Crippen LogP contribution in [0.3, 0.4) is 0 Å². The van der Waals surface area contributed by atoms with Crippen LogP contribution >= 0.6 is 11.6 Å². The fraction of sp³-hybridized carbons (Fsp3) is 0.286. The van der Waals surface area contributed by atoms with E-state index in [1.165, 1.54) is 30.5 Å². The van der Waals surface area contributed by atoms with E-state index >= 15 is 4.39 Å². The topological polar surface area (TPSA) is 107 Å². The Labute approximate surface area is 221 Å². The minimum atomic E-state index is -0.738. The Morgan fingerprint density at radius 2 is 1.89 bits per heavy atom. The predicted octanol–water partition coefficient (Wildman–Crippen LogP) is 5.50. The molecule has 0 saturated heterocycles. The summed E-state index contributed by atoms with van der Waals surface area (Å²) in [5.41, 5.74) is 7.44. The molecular weight excluding hydrogens is 512 g/mol. The van der Waals surface area contributed by atoms with Crippen molar-refractivity contribution in [2.45, 2.75) is 45.6 Å². The number of aromatic amines is 1. The summed E-state index contributed by atoms with van der Waals surface area (Å²) in [6.07, 6.45) is 3.09. The van der Waals surface area contributed by atoms with E-state index in [1.54, 1.807) is 10.6 Å². The van der Waals surface area contributed by atoms with Crippen LogP contribution in [0, 0.1) is 17.2 Å². The molecule has 4 heterocycles. The number of nitrogens with one attached hydrogen (secondary N) is 1. The van der Waals surface area contributed by atoms with Gasteiger partial charge in [0.2, 0.25) is 5.95 Å². The third-order valence-corrected chi connectivity index (χ3v) is 7.72. The van der Waals surface area contributed by atoms with Gasteiger partial charge in [0.25, 0.3) is 5.56 Å². The number of fused-ring (bicyclic) bond motifs is 5. The van der Waals surface area contributed by atoms with Crippen molar-refractivity contribution in [3.8, 4) is 22.4 Å². The van der Waals surface area contributed by atoms with E-state index in [0.29, 0.717) is 47.6 Å². The van der Waals surface area contributed by atoms with Gasteiger partial charge >= 0.3 is 0 Å². The molecule has 0 spiro atoms. The van der Waals surface area contributed by atoms with Gasteiger partial charge in [-0.3, -0.25) is 9.59 Å². The maximum atomic E-state index is 15.5. The number of H-pyrrole nitrogens is 1. The molecule has 0 bridgehead atoms. The molecule has 2 aliphatic rings. The lowest BCUT2D eigenvalue weighted by Gasteiger charge is -2.30. The number of halogens is 3. The zero-order valence-corrected chi connectivity index (χ0v) is 21.5. The molecule has 0 amide bonds. The number of imidazole rings is 1. The SMILES string of the molecule is CC1(C)CC(=O)c2c(cc(=O)n3c2CC[C@@H]3c2ncc(-c3ccc(N)nc3F)[nH]2)-c2c(ccc(Cl)c2F)C1. The summed E-state index contributed by atoms with van der Waals surface area (Å²) >= 11 is 6.15. The van der Waals surface area contributed by atoms with Gasteiger partial charge in [-0.25, -0.2) is 14.4 Å². The second-order valence-electron chi connectivity index (χ2n) is 10.7. The maximum Gasteiger partial charge on any atom is 0.252 e. The lowest BCUT2D eigenvalue weighted by atomic mass is 9.74. The molecule has 0 unspecified atom stereocenters. The zero-order valence-electron chi connectivity index (χ0n) is 20.7. The summed E-state index contributed by atoms with van der Waals surface area (Å²) in [6, 6.07) is 7.10. The molecule has 3 N–H and O–H groups in total. The van der Waals surface area contributed by atoms with Crippen molar-refractivity contribution in [1.29, 1.82) is 0 Å². The van der Waals surface area contributed by atoms with Crippen molar-refractivity contribution < 1.29 is 13.6 Å². The van der Waals surface area contributed by atoms with Crippen LogP contribution in [0.5, 0.6) is 0 Å². The molecule has 38 heavy (non-hydrogen) atoms. The van der Waals surface area contributed by atoms with Gasteiger partial charge in [-0.05, 0) is 48.4 Å². The van der Waals surface area contributed by atoms with Crippen LogP contribution in [-0.2, 0) is 12.8 Å². The fourth-order valence-electron chi connectivity index (χ4n) is 5.85. The average Bonchev–Trinajstić information content (AvgIpc) is 3.48. The smallest absolute Gasteiger partial charge is 0.252 e. The van der Waals surface area contributed by atoms with Gasteiger partial charge in [-0.15, -0.1) is 0 Å². The fourth-order valence-corrected chi connectivity index (χ4v) is 6.01.